The van der Waals surface area contributed by atoms with Crippen LogP contribution in [0.3, 0.4) is 0 Å². The zero-order valence-electron chi connectivity index (χ0n) is 14.2. The minimum Gasteiger partial charge on any atom is -0.451 e. The highest BCUT2D eigenvalue weighted by atomic mass is 32.2. The lowest BCUT2D eigenvalue weighted by atomic mass is 10.1. The summed E-state index contributed by atoms with van der Waals surface area (Å²) >= 11 is 0. The highest BCUT2D eigenvalue weighted by Gasteiger charge is 2.22. The molecule has 2 rings (SSSR count). The quantitative estimate of drug-likeness (QED) is 0.583. The number of esters is 1. The van der Waals surface area contributed by atoms with Crippen molar-refractivity contribution in [2.45, 2.75) is 17.9 Å². The molecule has 2 aromatic carbocycles. The van der Waals surface area contributed by atoms with Crippen LogP contribution in [0.25, 0.3) is 0 Å². The van der Waals surface area contributed by atoms with Gasteiger partial charge >= 0.3 is 5.97 Å². The Labute approximate surface area is 147 Å². The maximum Gasteiger partial charge on any atom is 0.338 e. The molecule has 0 saturated heterocycles. The first-order chi connectivity index (χ1) is 11.7. The molecule has 0 spiro atoms. The molecular formula is C18H19NO5S. The molecule has 6 nitrogen and oxygen atoms in total. The average molecular weight is 361 g/mol. The van der Waals surface area contributed by atoms with Crippen LogP contribution in [0, 0.1) is 0 Å². The Bertz CT molecular complexity index is 875. The van der Waals surface area contributed by atoms with Gasteiger partial charge in [0.15, 0.2) is 6.10 Å². The molecule has 0 aliphatic rings. The Morgan fingerprint density at radius 3 is 2.16 bits per heavy atom. The number of carbonyl (C=O) groups excluding carboxylic acids is 2. The van der Waals surface area contributed by atoms with E-state index in [0.29, 0.717) is 5.56 Å². The first-order valence-electron chi connectivity index (χ1n) is 7.56. The van der Waals surface area contributed by atoms with Crippen LogP contribution in [0.15, 0.2) is 59.5 Å². The average Bonchev–Trinajstić information content (AvgIpc) is 2.61. The zero-order chi connectivity index (χ0) is 18.6. The highest BCUT2D eigenvalue weighted by molar-refractivity contribution is 7.89. The molecule has 2 aromatic rings. The van der Waals surface area contributed by atoms with Gasteiger partial charge < -0.3 is 4.74 Å². The molecule has 0 N–H and O–H groups in total. The number of hydrogen-bond acceptors (Lipinski definition) is 5. The molecule has 0 bridgehead atoms. The summed E-state index contributed by atoms with van der Waals surface area (Å²) in [6.07, 6.45) is -0.982. The summed E-state index contributed by atoms with van der Waals surface area (Å²) in [5, 5.41) is 0. The maximum atomic E-state index is 12.3. The number of benzene rings is 2. The van der Waals surface area contributed by atoms with Crippen LogP contribution in [0.5, 0.6) is 0 Å². The SMILES string of the molecule is C[C@H](OC(=O)c1cccc(S(=O)(=O)N(C)C)c1)C(=O)c1ccccc1. The molecule has 0 amide bonds. The number of ketones is 1. The Hall–Kier alpha value is -2.51. The van der Waals surface area contributed by atoms with E-state index in [1.54, 1.807) is 30.3 Å². The maximum absolute atomic E-state index is 12.3. The van der Waals surface area contributed by atoms with Crippen molar-refractivity contribution >= 4 is 21.8 Å². The lowest BCUT2D eigenvalue weighted by Crippen LogP contribution is -2.25. The van der Waals surface area contributed by atoms with E-state index >= 15 is 0 Å². The van der Waals surface area contributed by atoms with E-state index < -0.39 is 22.1 Å². The van der Waals surface area contributed by atoms with Crippen molar-refractivity contribution in [3.8, 4) is 0 Å². The fraction of sp³-hybridized carbons (Fsp3) is 0.222. The van der Waals surface area contributed by atoms with Crippen molar-refractivity contribution in [1.29, 1.82) is 0 Å². The van der Waals surface area contributed by atoms with Gasteiger partial charge in [-0.15, -0.1) is 0 Å². The molecule has 25 heavy (non-hydrogen) atoms. The second-order valence-corrected chi connectivity index (χ2v) is 7.74. The molecule has 0 radical (unpaired) electrons. The zero-order valence-corrected chi connectivity index (χ0v) is 15.0. The fourth-order valence-electron chi connectivity index (χ4n) is 2.11. The first-order valence-corrected chi connectivity index (χ1v) is 9.00. The van der Waals surface area contributed by atoms with E-state index in [1.165, 1.54) is 45.3 Å². The molecule has 0 saturated carbocycles. The standard InChI is InChI=1S/C18H19NO5S/c1-13(17(20)14-8-5-4-6-9-14)24-18(21)15-10-7-11-16(12-15)25(22,23)19(2)3/h4-13H,1-3H3/t13-/m0/s1. The Balaban J connectivity index is 2.18. The van der Waals surface area contributed by atoms with Crippen LogP contribution in [-0.2, 0) is 14.8 Å². The van der Waals surface area contributed by atoms with E-state index in [9.17, 15) is 18.0 Å². The summed E-state index contributed by atoms with van der Waals surface area (Å²) in [6, 6.07) is 14.0. The van der Waals surface area contributed by atoms with Crippen molar-refractivity contribution in [3.63, 3.8) is 0 Å². The van der Waals surface area contributed by atoms with Gasteiger partial charge in [-0.2, -0.15) is 0 Å². The molecule has 7 heteroatoms. The van der Waals surface area contributed by atoms with Gasteiger partial charge in [-0.25, -0.2) is 17.5 Å². The number of ether oxygens (including phenoxy) is 1. The lowest BCUT2D eigenvalue weighted by molar-refractivity contribution is 0.0318. The van der Waals surface area contributed by atoms with Gasteiger partial charge in [0.1, 0.15) is 0 Å². The second-order valence-electron chi connectivity index (χ2n) is 5.59. The summed E-state index contributed by atoms with van der Waals surface area (Å²) in [6.45, 7) is 1.48. The summed E-state index contributed by atoms with van der Waals surface area (Å²) in [5.41, 5.74) is 0.502. The molecule has 132 valence electrons. The van der Waals surface area contributed by atoms with E-state index in [0.717, 1.165) is 4.31 Å². The van der Waals surface area contributed by atoms with E-state index in [2.05, 4.69) is 0 Å². The second kappa shape index (κ2) is 7.58. The minimum atomic E-state index is -3.66. The van der Waals surface area contributed by atoms with Gasteiger partial charge in [-0.1, -0.05) is 36.4 Å². The smallest absolute Gasteiger partial charge is 0.338 e. The van der Waals surface area contributed by atoms with Crippen LogP contribution in [-0.4, -0.2) is 44.7 Å². The van der Waals surface area contributed by atoms with Crippen molar-refractivity contribution in [2.75, 3.05) is 14.1 Å². The number of rotatable bonds is 6. The molecule has 0 aliphatic carbocycles. The number of nitrogens with zero attached hydrogens (tertiary/aromatic N) is 1. The minimum absolute atomic E-state index is 0.0195. The first kappa shape index (κ1) is 18.8. The van der Waals surface area contributed by atoms with E-state index in [4.69, 9.17) is 4.74 Å². The molecule has 0 unspecified atom stereocenters. The predicted molar refractivity (Wildman–Crippen MR) is 93.0 cm³/mol. The largest absolute Gasteiger partial charge is 0.451 e. The van der Waals surface area contributed by atoms with Crippen LogP contribution < -0.4 is 0 Å². The molecule has 0 aliphatic heterocycles. The lowest BCUT2D eigenvalue weighted by Gasteiger charge is -2.14. The van der Waals surface area contributed by atoms with Crippen molar-refractivity contribution in [2.24, 2.45) is 0 Å². The van der Waals surface area contributed by atoms with E-state index in [-0.39, 0.29) is 16.2 Å². The molecular weight excluding hydrogens is 342 g/mol. The van der Waals surface area contributed by atoms with Crippen molar-refractivity contribution < 1.29 is 22.7 Å². The van der Waals surface area contributed by atoms with Gasteiger partial charge in [0, 0.05) is 19.7 Å². The van der Waals surface area contributed by atoms with E-state index in [1.807, 2.05) is 0 Å². The van der Waals surface area contributed by atoms with Crippen LogP contribution in [0.2, 0.25) is 0 Å². The number of Topliss-reactive ketones (excluding diaryl/α,β-unsaturated/α-hetero) is 1. The third kappa shape index (κ3) is 4.32. The summed E-state index contributed by atoms with van der Waals surface area (Å²) in [4.78, 5) is 24.5. The summed E-state index contributed by atoms with van der Waals surface area (Å²) in [5.74, 6) is -1.08. The normalized spacial score (nSPS) is 12.6. The van der Waals surface area contributed by atoms with Crippen molar-refractivity contribution in [1.82, 2.24) is 4.31 Å². The topological polar surface area (TPSA) is 80.8 Å². The third-order valence-electron chi connectivity index (χ3n) is 3.56. The van der Waals surface area contributed by atoms with Crippen LogP contribution in [0.4, 0.5) is 0 Å². The summed E-state index contributed by atoms with van der Waals surface area (Å²) < 4.78 is 30.5. The van der Waals surface area contributed by atoms with Crippen LogP contribution in [0.1, 0.15) is 27.6 Å². The molecule has 0 fully saturated rings. The number of hydrogen-bond donors (Lipinski definition) is 0. The van der Waals surface area contributed by atoms with Gasteiger partial charge in [-0.05, 0) is 25.1 Å². The monoisotopic (exact) mass is 361 g/mol. The highest BCUT2D eigenvalue weighted by Crippen LogP contribution is 2.16. The van der Waals surface area contributed by atoms with Gasteiger partial charge in [0.25, 0.3) is 0 Å². The number of sulfonamides is 1. The van der Waals surface area contributed by atoms with Crippen molar-refractivity contribution in [3.05, 3.63) is 65.7 Å². The summed E-state index contributed by atoms with van der Waals surface area (Å²) in [7, 11) is -0.855. The van der Waals surface area contributed by atoms with Gasteiger partial charge in [-0.3, -0.25) is 4.79 Å². The van der Waals surface area contributed by atoms with Crippen LogP contribution >= 0.6 is 0 Å². The third-order valence-corrected chi connectivity index (χ3v) is 5.37. The fourth-order valence-corrected chi connectivity index (χ4v) is 3.06. The Morgan fingerprint density at radius 1 is 0.960 bits per heavy atom. The Kier molecular flexibility index (Phi) is 5.71. The molecule has 0 aromatic heterocycles. The number of carbonyl (C=O) groups is 2. The molecule has 0 heterocycles. The van der Waals surface area contributed by atoms with Gasteiger partial charge in [0.2, 0.25) is 15.8 Å². The molecule has 1 atom stereocenters. The Morgan fingerprint density at radius 2 is 1.56 bits per heavy atom. The van der Waals surface area contributed by atoms with Gasteiger partial charge in [0.05, 0.1) is 10.5 Å². The predicted octanol–water partition coefficient (Wildman–Crippen LogP) is 2.37.